The van der Waals surface area contributed by atoms with E-state index in [9.17, 15) is 4.79 Å². The maximum absolute atomic E-state index is 11.8. The molecule has 0 saturated carbocycles. The summed E-state index contributed by atoms with van der Waals surface area (Å²) in [4.78, 5) is 15.8. The van der Waals surface area contributed by atoms with Gasteiger partial charge in [0.1, 0.15) is 0 Å². The van der Waals surface area contributed by atoms with Gasteiger partial charge in [-0.1, -0.05) is 34.4 Å². The molecule has 100 valence electrons. The summed E-state index contributed by atoms with van der Waals surface area (Å²) in [5.74, 6) is -0.348. The first kappa shape index (κ1) is 12.9. The van der Waals surface area contributed by atoms with Crippen LogP contribution in [0.15, 0.2) is 52.0 Å². The number of aromatic nitrogens is 3. The second-order valence-electron chi connectivity index (χ2n) is 3.92. The van der Waals surface area contributed by atoms with Gasteiger partial charge in [-0.15, -0.1) is 0 Å². The minimum Gasteiger partial charge on any atom is -0.295 e. The molecule has 2 aromatic heterocycles. The lowest BCUT2D eigenvalue weighted by Crippen LogP contribution is -2.13. The summed E-state index contributed by atoms with van der Waals surface area (Å²) in [5, 5.41) is 4.45. The molecule has 0 saturated heterocycles. The van der Waals surface area contributed by atoms with Crippen LogP contribution in [0.3, 0.4) is 0 Å². The first-order valence-corrected chi connectivity index (χ1v) is 6.37. The Labute approximate surface area is 123 Å². The lowest BCUT2D eigenvalue weighted by atomic mass is 10.2. The monoisotopic (exact) mass is 307 g/mol. The zero-order valence-electron chi connectivity index (χ0n) is 9.96. The second kappa shape index (κ2) is 5.11. The fourth-order valence-electron chi connectivity index (χ4n) is 1.81. The molecule has 0 atom stereocenters. The van der Waals surface area contributed by atoms with Gasteiger partial charge in [0.25, 0.3) is 0 Å². The molecule has 0 aliphatic heterocycles. The molecule has 5 nitrogen and oxygen atoms in total. The summed E-state index contributed by atoms with van der Waals surface area (Å²) in [6, 6.07) is 8.50. The van der Waals surface area contributed by atoms with Crippen LogP contribution in [-0.2, 0) is 0 Å². The molecule has 0 radical (unpaired) electrons. The van der Waals surface area contributed by atoms with Crippen LogP contribution in [0.1, 0.15) is 0 Å². The molecule has 1 aromatic carbocycles. The number of hydrogen-bond donors (Lipinski definition) is 0. The van der Waals surface area contributed by atoms with Gasteiger partial charge in [0.15, 0.2) is 5.82 Å². The average molecular weight is 308 g/mol. The second-order valence-corrected chi connectivity index (χ2v) is 4.71. The van der Waals surface area contributed by atoms with Crippen LogP contribution in [0.4, 0.5) is 0 Å². The van der Waals surface area contributed by atoms with E-state index >= 15 is 0 Å². The van der Waals surface area contributed by atoms with E-state index in [1.54, 1.807) is 36.5 Å². The molecule has 7 heteroatoms. The Bertz CT molecular complexity index is 812. The topological polar surface area (TPSA) is 60.9 Å². The van der Waals surface area contributed by atoms with Gasteiger partial charge in [0.05, 0.1) is 21.9 Å². The third kappa shape index (κ3) is 2.11. The molecule has 3 aromatic rings. The van der Waals surface area contributed by atoms with Gasteiger partial charge in [-0.25, -0.2) is 9.36 Å². The Kier molecular flexibility index (Phi) is 3.30. The van der Waals surface area contributed by atoms with Crippen molar-refractivity contribution in [2.45, 2.75) is 0 Å². The van der Waals surface area contributed by atoms with Gasteiger partial charge in [-0.3, -0.25) is 9.51 Å². The summed E-state index contributed by atoms with van der Waals surface area (Å²) < 4.78 is 6.01. The minimum atomic E-state index is -0.621. The van der Waals surface area contributed by atoms with E-state index in [-0.39, 0.29) is 5.82 Å². The Balaban J connectivity index is 2.27. The Morgan fingerprint density at radius 1 is 1.15 bits per heavy atom. The number of halogens is 2. The highest BCUT2D eigenvalue weighted by Gasteiger charge is 2.18. The molecule has 2 heterocycles. The zero-order chi connectivity index (χ0) is 14.1. The van der Waals surface area contributed by atoms with Gasteiger partial charge in [-0.2, -0.15) is 0 Å². The maximum Gasteiger partial charge on any atom is 0.446 e. The Morgan fingerprint density at radius 2 is 2.00 bits per heavy atom. The van der Waals surface area contributed by atoms with Crippen molar-refractivity contribution in [2.24, 2.45) is 0 Å². The van der Waals surface area contributed by atoms with Gasteiger partial charge < -0.3 is 0 Å². The highest BCUT2D eigenvalue weighted by Crippen LogP contribution is 2.32. The summed E-state index contributed by atoms with van der Waals surface area (Å²) in [6.45, 7) is 0. The summed E-state index contributed by atoms with van der Waals surface area (Å²) in [5.41, 5.74) is 1.04. The normalized spacial score (nSPS) is 10.7. The predicted molar refractivity (Wildman–Crippen MR) is 75.4 cm³/mol. The lowest BCUT2D eigenvalue weighted by molar-refractivity contribution is 0.383. The van der Waals surface area contributed by atoms with Gasteiger partial charge in [0, 0.05) is 11.8 Å². The van der Waals surface area contributed by atoms with Gasteiger partial charge in [-0.05, 0) is 24.3 Å². The van der Waals surface area contributed by atoms with Crippen molar-refractivity contribution in [3.8, 4) is 17.1 Å². The highest BCUT2D eigenvalue weighted by atomic mass is 35.5. The summed E-state index contributed by atoms with van der Waals surface area (Å²) in [7, 11) is 0. The van der Waals surface area contributed by atoms with E-state index in [0.29, 0.717) is 21.3 Å². The molecule has 0 unspecified atom stereocenters. The van der Waals surface area contributed by atoms with E-state index in [4.69, 9.17) is 27.7 Å². The summed E-state index contributed by atoms with van der Waals surface area (Å²) in [6.07, 6.45) is 3.13. The van der Waals surface area contributed by atoms with Crippen molar-refractivity contribution in [3.63, 3.8) is 0 Å². The van der Waals surface area contributed by atoms with Crippen LogP contribution in [0, 0.1) is 0 Å². The first-order chi connectivity index (χ1) is 9.68. The molecule has 0 amide bonds. The maximum atomic E-state index is 11.8. The number of pyridine rings is 1. The van der Waals surface area contributed by atoms with Crippen molar-refractivity contribution >= 4 is 23.2 Å². The number of nitrogens with zero attached hydrogens (tertiary/aromatic N) is 3. The van der Waals surface area contributed by atoms with Crippen LogP contribution in [0.25, 0.3) is 17.1 Å². The van der Waals surface area contributed by atoms with Crippen LogP contribution in [-0.4, -0.2) is 14.7 Å². The van der Waals surface area contributed by atoms with Crippen molar-refractivity contribution in [2.75, 3.05) is 0 Å². The zero-order valence-corrected chi connectivity index (χ0v) is 11.5. The van der Waals surface area contributed by atoms with Gasteiger partial charge >= 0.3 is 5.76 Å². The number of benzene rings is 1. The number of rotatable bonds is 2. The van der Waals surface area contributed by atoms with Gasteiger partial charge in [0.2, 0.25) is 0 Å². The largest absolute Gasteiger partial charge is 0.446 e. The third-order valence-corrected chi connectivity index (χ3v) is 3.52. The molecular weight excluding hydrogens is 301 g/mol. The van der Waals surface area contributed by atoms with Crippen LogP contribution < -0.4 is 5.76 Å². The molecule has 20 heavy (non-hydrogen) atoms. The standard InChI is InChI=1S/C13H7Cl2N3O2/c14-10-5-1-4-9(11(10)15)12-17-20-13(19)18(12)8-3-2-6-16-7-8/h1-7H. The minimum absolute atomic E-state index is 0.274. The predicted octanol–water partition coefficient (Wildman–Crippen LogP) is 3.19. The molecule has 0 spiro atoms. The molecular formula is C13H7Cl2N3O2. The van der Waals surface area contributed by atoms with E-state index in [2.05, 4.69) is 10.1 Å². The molecule has 0 fully saturated rings. The summed E-state index contributed by atoms with van der Waals surface area (Å²) >= 11 is 12.1. The fraction of sp³-hybridized carbons (Fsp3) is 0. The molecule has 0 aliphatic rings. The Hall–Kier alpha value is -2.11. The number of hydrogen-bond acceptors (Lipinski definition) is 4. The smallest absolute Gasteiger partial charge is 0.295 e. The Morgan fingerprint density at radius 3 is 2.75 bits per heavy atom. The van der Waals surface area contributed by atoms with E-state index in [1.165, 1.54) is 10.8 Å². The highest BCUT2D eigenvalue weighted by molar-refractivity contribution is 6.43. The molecule has 0 bridgehead atoms. The van der Waals surface area contributed by atoms with Crippen molar-refractivity contribution in [1.29, 1.82) is 0 Å². The molecule has 3 rings (SSSR count). The quantitative estimate of drug-likeness (QED) is 0.729. The first-order valence-electron chi connectivity index (χ1n) is 5.62. The SMILES string of the molecule is O=c1onc(-c2cccc(Cl)c2Cl)n1-c1cccnc1. The average Bonchev–Trinajstić information content (AvgIpc) is 2.84. The molecule has 0 aliphatic carbocycles. The molecule has 0 N–H and O–H groups in total. The van der Waals surface area contributed by atoms with Crippen LogP contribution >= 0.6 is 23.2 Å². The van der Waals surface area contributed by atoms with Crippen LogP contribution in [0.5, 0.6) is 0 Å². The van der Waals surface area contributed by atoms with Crippen molar-refractivity contribution < 1.29 is 4.52 Å². The van der Waals surface area contributed by atoms with Crippen molar-refractivity contribution in [3.05, 3.63) is 63.3 Å². The lowest BCUT2D eigenvalue weighted by Gasteiger charge is -2.06. The van der Waals surface area contributed by atoms with Crippen LogP contribution in [0.2, 0.25) is 10.0 Å². The van der Waals surface area contributed by atoms with E-state index in [1.807, 2.05) is 0 Å². The third-order valence-electron chi connectivity index (χ3n) is 2.70. The van der Waals surface area contributed by atoms with Crippen molar-refractivity contribution in [1.82, 2.24) is 14.7 Å². The van der Waals surface area contributed by atoms with E-state index in [0.717, 1.165) is 0 Å². The van der Waals surface area contributed by atoms with E-state index < -0.39 is 5.76 Å². The fourth-order valence-corrected chi connectivity index (χ4v) is 2.20.